The average Bonchev–Trinajstić information content (AvgIpc) is 2.86. The maximum Gasteiger partial charge on any atom is 0.225 e. The van der Waals surface area contributed by atoms with Gasteiger partial charge in [0.15, 0.2) is 0 Å². The molecule has 6 nitrogen and oxygen atoms in total. The second-order valence-corrected chi connectivity index (χ2v) is 5.42. The molecule has 0 aliphatic carbocycles. The molecule has 0 bridgehead atoms. The molecule has 0 aromatic carbocycles. The Morgan fingerprint density at radius 2 is 1.61 bits per heavy atom. The molecule has 0 fully saturated rings. The summed E-state index contributed by atoms with van der Waals surface area (Å²) in [4.78, 5) is 24.0. The lowest BCUT2D eigenvalue weighted by Gasteiger charge is -2.19. The monoisotopic (exact) mass is 304 g/mol. The predicted octanol–water partition coefficient (Wildman–Crippen LogP) is 1.93. The summed E-state index contributed by atoms with van der Waals surface area (Å²) in [5.41, 5.74) is 4.43. The standard InChI is InChI=1S/C17H16N6/c1-6-19-17(20-7-1)23-10-4-14-15(5-11-23)21-12-22-16(14)13-2-8-18-9-3-13/h1-3,6-9,12H,4-5,10-11H2. The molecule has 0 amide bonds. The van der Waals surface area contributed by atoms with Crippen LogP contribution in [0.25, 0.3) is 11.3 Å². The summed E-state index contributed by atoms with van der Waals surface area (Å²) in [7, 11) is 0. The van der Waals surface area contributed by atoms with Gasteiger partial charge in [-0.2, -0.15) is 0 Å². The number of anilines is 1. The van der Waals surface area contributed by atoms with Gasteiger partial charge in [-0.25, -0.2) is 19.9 Å². The molecular weight excluding hydrogens is 288 g/mol. The number of hydrogen-bond donors (Lipinski definition) is 0. The third-order valence-corrected chi connectivity index (χ3v) is 4.07. The summed E-state index contributed by atoms with van der Waals surface area (Å²) < 4.78 is 0. The fraction of sp³-hybridized carbons (Fsp3) is 0.235. The van der Waals surface area contributed by atoms with E-state index in [0.29, 0.717) is 0 Å². The number of pyridine rings is 1. The first-order chi connectivity index (χ1) is 11.4. The zero-order valence-electron chi connectivity index (χ0n) is 12.6. The lowest BCUT2D eigenvalue weighted by molar-refractivity contribution is 0.769. The van der Waals surface area contributed by atoms with Crippen LogP contribution in [0.3, 0.4) is 0 Å². The van der Waals surface area contributed by atoms with Gasteiger partial charge < -0.3 is 4.90 Å². The first-order valence-corrected chi connectivity index (χ1v) is 7.67. The van der Waals surface area contributed by atoms with Gasteiger partial charge in [-0.15, -0.1) is 0 Å². The molecule has 3 aromatic rings. The highest BCUT2D eigenvalue weighted by Crippen LogP contribution is 2.25. The molecule has 1 aliphatic heterocycles. The van der Waals surface area contributed by atoms with Crippen molar-refractivity contribution < 1.29 is 0 Å². The third kappa shape index (κ3) is 2.75. The molecule has 0 spiro atoms. The molecule has 0 radical (unpaired) electrons. The molecule has 0 N–H and O–H groups in total. The highest BCUT2D eigenvalue weighted by Gasteiger charge is 2.20. The van der Waals surface area contributed by atoms with Gasteiger partial charge in [-0.3, -0.25) is 4.98 Å². The van der Waals surface area contributed by atoms with Crippen molar-refractivity contribution in [3.63, 3.8) is 0 Å². The van der Waals surface area contributed by atoms with E-state index in [1.165, 1.54) is 5.56 Å². The summed E-state index contributed by atoms with van der Waals surface area (Å²) in [5, 5.41) is 0. The second kappa shape index (κ2) is 6.08. The van der Waals surface area contributed by atoms with E-state index < -0.39 is 0 Å². The first kappa shape index (κ1) is 13.8. The maximum absolute atomic E-state index is 4.51. The van der Waals surface area contributed by atoms with Crippen molar-refractivity contribution in [1.82, 2.24) is 24.9 Å². The van der Waals surface area contributed by atoms with Gasteiger partial charge in [0.05, 0.1) is 5.69 Å². The van der Waals surface area contributed by atoms with Crippen LogP contribution in [-0.4, -0.2) is 38.0 Å². The number of aromatic nitrogens is 5. The third-order valence-electron chi connectivity index (χ3n) is 4.07. The summed E-state index contributed by atoms with van der Waals surface area (Å²) in [6.07, 6.45) is 10.6. The zero-order valence-corrected chi connectivity index (χ0v) is 12.6. The number of nitrogens with zero attached hydrogens (tertiary/aromatic N) is 6. The Labute approximate surface area is 134 Å². The van der Waals surface area contributed by atoms with E-state index in [2.05, 4.69) is 29.8 Å². The van der Waals surface area contributed by atoms with Crippen LogP contribution in [0, 0.1) is 0 Å². The van der Waals surface area contributed by atoms with Crippen LogP contribution in [0.4, 0.5) is 5.95 Å². The largest absolute Gasteiger partial charge is 0.340 e. The van der Waals surface area contributed by atoms with Gasteiger partial charge >= 0.3 is 0 Å². The number of fused-ring (bicyclic) bond motifs is 1. The van der Waals surface area contributed by atoms with E-state index in [1.807, 2.05) is 18.2 Å². The molecule has 0 saturated heterocycles. The van der Waals surface area contributed by atoms with Crippen molar-refractivity contribution >= 4 is 5.95 Å². The molecule has 0 unspecified atom stereocenters. The van der Waals surface area contributed by atoms with Gasteiger partial charge in [0.1, 0.15) is 6.33 Å². The Balaban J connectivity index is 1.67. The average molecular weight is 304 g/mol. The highest BCUT2D eigenvalue weighted by molar-refractivity contribution is 5.63. The molecule has 0 saturated carbocycles. The lowest BCUT2D eigenvalue weighted by atomic mass is 10.0. The smallest absolute Gasteiger partial charge is 0.225 e. The first-order valence-electron chi connectivity index (χ1n) is 7.67. The van der Waals surface area contributed by atoms with Gasteiger partial charge in [-0.1, -0.05) is 0 Å². The van der Waals surface area contributed by atoms with Gasteiger partial charge in [0.25, 0.3) is 0 Å². The van der Waals surface area contributed by atoms with Crippen molar-refractivity contribution in [1.29, 1.82) is 0 Å². The van der Waals surface area contributed by atoms with Crippen molar-refractivity contribution in [3.8, 4) is 11.3 Å². The van der Waals surface area contributed by atoms with E-state index in [4.69, 9.17) is 0 Å². The van der Waals surface area contributed by atoms with Crippen LogP contribution in [0.1, 0.15) is 11.3 Å². The molecule has 1 aliphatic rings. The Bertz CT molecular complexity index is 791. The molecule has 4 heterocycles. The van der Waals surface area contributed by atoms with E-state index in [1.54, 1.807) is 31.1 Å². The van der Waals surface area contributed by atoms with Crippen molar-refractivity contribution in [3.05, 3.63) is 60.6 Å². The van der Waals surface area contributed by atoms with Crippen LogP contribution in [0.2, 0.25) is 0 Å². The Kier molecular flexibility index (Phi) is 3.63. The van der Waals surface area contributed by atoms with Crippen LogP contribution in [0.15, 0.2) is 49.3 Å². The molecule has 23 heavy (non-hydrogen) atoms. The minimum Gasteiger partial charge on any atom is -0.340 e. The van der Waals surface area contributed by atoms with Crippen LogP contribution >= 0.6 is 0 Å². The minimum absolute atomic E-state index is 0.777. The Morgan fingerprint density at radius 1 is 0.826 bits per heavy atom. The number of hydrogen-bond acceptors (Lipinski definition) is 6. The van der Waals surface area contributed by atoms with E-state index in [9.17, 15) is 0 Å². The molecule has 0 atom stereocenters. The van der Waals surface area contributed by atoms with Gasteiger partial charge in [-0.05, 0) is 24.6 Å². The van der Waals surface area contributed by atoms with Crippen LogP contribution < -0.4 is 4.90 Å². The van der Waals surface area contributed by atoms with E-state index in [0.717, 1.165) is 48.8 Å². The Hall–Kier alpha value is -2.89. The summed E-state index contributed by atoms with van der Waals surface area (Å²) in [6, 6.07) is 5.82. The topological polar surface area (TPSA) is 67.7 Å². The fourth-order valence-corrected chi connectivity index (χ4v) is 2.94. The molecule has 4 rings (SSSR count). The molecule has 3 aromatic heterocycles. The summed E-state index contributed by atoms with van der Waals surface area (Å²) in [5.74, 6) is 0.777. The van der Waals surface area contributed by atoms with Gasteiger partial charge in [0.2, 0.25) is 5.95 Å². The van der Waals surface area contributed by atoms with E-state index in [-0.39, 0.29) is 0 Å². The summed E-state index contributed by atoms with van der Waals surface area (Å²) in [6.45, 7) is 1.73. The highest BCUT2D eigenvalue weighted by atomic mass is 15.2. The quantitative estimate of drug-likeness (QED) is 0.720. The summed E-state index contributed by atoms with van der Waals surface area (Å²) >= 11 is 0. The lowest BCUT2D eigenvalue weighted by Crippen LogP contribution is -2.27. The molecular formula is C17H16N6. The zero-order chi connectivity index (χ0) is 15.5. The van der Waals surface area contributed by atoms with Crippen molar-refractivity contribution in [2.75, 3.05) is 18.0 Å². The van der Waals surface area contributed by atoms with Crippen molar-refractivity contribution in [2.24, 2.45) is 0 Å². The van der Waals surface area contributed by atoms with Crippen molar-refractivity contribution in [2.45, 2.75) is 12.8 Å². The maximum atomic E-state index is 4.51. The normalized spacial score (nSPS) is 14.2. The van der Waals surface area contributed by atoms with Gasteiger partial charge in [0, 0.05) is 61.1 Å². The molecule has 114 valence electrons. The number of rotatable bonds is 2. The fourth-order valence-electron chi connectivity index (χ4n) is 2.94. The van der Waals surface area contributed by atoms with E-state index >= 15 is 0 Å². The molecule has 6 heteroatoms. The second-order valence-electron chi connectivity index (χ2n) is 5.42. The predicted molar refractivity (Wildman–Crippen MR) is 86.9 cm³/mol. The van der Waals surface area contributed by atoms with Crippen LogP contribution in [0.5, 0.6) is 0 Å². The van der Waals surface area contributed by atoms with Crippen LogP contribution in [-0.2, 0) is 12.8 Å². The SMILES string of the molecule is c1cnc(N2CCc3ncnc(-c4ccncc4)c3CC2)nc1. The minimum atomic E-state index is 0.777. The Morgan fingerprint density at radius 3 is 2.43 bits per heavy atom.